The van der Waals surface area contributed by atoms with Crippen LogP contribution in [0.2, 0.25) is 0 Å². The van der Waals surface area contributed by atoms with E-state index in [9.17, 15) is 9.59 Å². The smallest absolute Gasteiger partial charge is 0.253 e. The van der Waals surface area contributed by atoms with Gasteiger partial charge in [-0.3, -0.25) is 9.59 Å². The van der Waals surface area contributed by atoms with Gasteiger partial charge in [0.1, 0.15) is 5.54 Å². The summed E-state index contributed by atoms with van der Waals surface area (Å²) in [5.74, 6) is -0.0956. The summed E-state index contributed by atoms with van der Waals surface area (Å²) in [6.07, 6.45) is 0. The van der Waals surface area contributed by atoms with Crippen molar-refractivity contribution in [1.29, 1.82) is 0 Å². The van der Waals surface area contributed by atoms with E-state index < -0.39 is 5.54 Å². The van der Waals surface area contributed by atoms with Crippen molar-refractivity contribution in [2.75, 3.05) is 26.2 Å². The van der Waals surface area contributed by atoms with Crippen molar-refractivity contribution in [3.63, 3.8) is 0 Å². The Hall–Kier alpha value is -2.37. The summed E-state index contributed by atoms with van der Waals surface area (Å²) in [7, 11) is 0. The number of carbonyl (C=O) groups is 2. The van der Waals surface area contributed by atoms with Gasteiger partial charge in [-0.05, 0) is 31.5 Å². The Labute approximate surface area is 166 Å². The normalized spacial score (nSPS) is 16.3. The average molecular weight is 388 g/mol. The lowest BCUT2D eigenvalue weighted by atomic mass is 9.91. The molecule has 1 heterocycles. The maximum atomic E-state index is 12.9. The summed E-state index contributed by atoms with van der Waals surface area (Å²) in [5, 5.41) is 0. The van der Waals surface area contributed by atoms with Gasteiger partial charge >= 0.3 is 0 Å². The van der Waals surface area contributed by atoms with E-state index in [1.807, 2.05) is 61.5 Å². The van der Waals surface area contributed by atoms with Crippen LogP contribution < -0.4 is 5.73 Å². The van der Waals surface area contributed by atoms with Crippen molar-refractivity contribution >= 4 is 24.2 Å². The molecule has 2 aromatic rings. The first kappa shape index (κ1) is 20.9. The summed E-state index contributed by atoms with van der Waals surface area (Å²) in [4.78, 5) is 29.1. The largest absolute Gasteiger partial charge is 0.337 e. The lowest BCUT2D eigenvalue weighted by Crippen LogP contribution is -2.57. The first-order chi connectivity index (χ1) is 12.4. The minimum Gasteiger partial charge on any atom is -0.337 e. The third kappa shape index (κ3) is 4.49. The van der Waals surface area contributed by atoms with Crippen LogP contribution in [0.3, 0.4) is 0 Å². The van der Waals surface area contributed by atoms with Crippen LogP contribution in [-0.2, 0) is 10.3 Å². The van der Waals surface area contributed by atoms with Gasteiger partial charge in [-0.1, -0.05) is 48.0 Å². The Balaban J connectivity index is 0.00000261. The number of amides is 2. The quantitative estimate of drug-likeness (QED) is 0.880. The minimum atomic E-state index is -1.07. The maximum Gasteiger partial charge on any atom is 0.253 e. The van der Waals surface area contributed by atoms with E-state index in [0.717, 1.165) is 11.1 Å². The monoisotopic (exact) mass is 387 g/mol. The van der Waals surface area contributed by atoms with E-state index in [-0.39, 0.29) is 24.2 Å². The fourth-order valence-corrected chi connectivity index (χ4v) is 3.23. The number of carbonyl (C=O) groups excluding carboxylic acids is 2. The van der Waals surface area contributed by atoms with Gasteiger partial charge in [0, 0.05) is 31.7 Å². The predicted octanol–water partition coefficient (Wildman–Crippen LogP) is 2.58. The fourth-order valence-electron chi connectivity index (χ4n) is 3.23. The summed E-state index contributed by atoms with van der Waals surface area (Å²) in [6.45, 7) is 5.77. The van der Waals surface area contributed by atoms with Gasteiger partial charge in [-0.2, -0.15) is 0 Å². The molecule has 144 valence electrons. The Kier molecular flexibility index (Phi) is 6.63. The topological polar surface area (TPSA) is 66.6 Å². The zero-order valence-electron chi connectivity index (χ0n) is 15.7. The molecule has 6 heteroatoms. The van der Waals surface area contributed by atoms with E-state index in [0.29, 0.717) is 31.7 Å². The van der Waals surface area contributed by atoms with Crippen LogP contribution in [0.15, 0.2) is 54.6 Å². The maximum absolute atomic E-state index is 12.9. The molecule has 1 atom stereocenters. The molecule has 1 fully saturated rings. The van der Waals surface area contributed by atoms with E-state index in [1.165, 1.54) is 0 Å². The number of nitrogens with zero attached hydrogens (tertiary/aromatic N) is 2. The van der Waals surface area contributed by atoms with Gasteiger partial charge in [0.2, 0.25) is 5.91 Å². The summed E-state index contributed by atoms with van der Waals surface area (Å²) >= 11 is 0. The van der Waals surface area contributed by atoms with Gasteiger partial charge in [0.25, 0.3) is 5.91 Å². The van der Waals surface area contributed by atoms with Crippen molar-refractivity contribution < 1.29 is 9.59 Å². The number of hydrogen-bond donors (Lipinski definition) is 1. The second kappa shape index (κ2) is 8.55. The van der Waals surface area contributed by atoms with E-state index in [1.54, 1.807) is 16.7 Å². The van der Waals surface area contributed by atoms with Crippen LogP contribution in [0.5, 0.6) is 0 Å². The van der Waals surface area contributed by atoms with E-state index in [2.05, 4.69) is 0 Å². The Bertz CT molecular complexity index is 783. The highest BCUT2D eigenvalue weighted by Gasteiger charge is 2.36. The van der Waals surface area contributed by atoms with Crippen LogP contribution in [-0.4, -0.2) is 47.8 Å². The number of benzene rings is 2. The van der Waals surface area contributed by atoms with Crippen LogP contribution in [0.1, 0.15) is 28.4 Å². The van der Waals surface area contributed by atoms with Gasteiger partial charge in [-0.25, -0.2) is 0 Å². The molecule has 1 aliphatic rings. The molecule has 1 saturated heterocycles. The zero-order chi connectivity index (χ0) is 18.7. The second-order valence-corrected chi connectivity index (χ2v) is 7.02. The second-order valence-electron chi connectivity index (χ2n) is 7.02. The third-order valence-corrected chi connectivity index (χ3v) is 4.97. The molecule has 27 heavy (non-hydrogen) atoms. The number of hydrogen-bond acceptors (Lipinski definition) is 3. The highest BCUT2D eigenvalue weighted by Crippen LogP contribution is 2.21. The van der Waals surface area contributed by atoms with Gasteiger partial charge < -0.3 is 15.5 Å². The van der Waals surface area contributed by atoms with Crippen LogP contribution in [0.25, 0.3) is 0 Å². The molecule has 3 rings (SSSR count). The molecule has 0 aromatic heterocycles. The first-order valence-electron chi connectivity index (χ1n) is 8.89. The zero-order valence-corrected chi connectivity index (χ0v) is 16.5. The van der Waals surface area contributed by atoms with Crippen molar-refractivity contribution in [3.05, 3.63) is 71.3 Å². The van der Waals surface area contributed by atoms with Crippen LogP contribution >= 0.6 is 12.4 Å². The number of piperazine rings is 1. The first-order valence-corrected chi connectivity index (χ1v) is 8.89. The average Bonchev–Trinajstić information content (AvgIpc) is 2.68. The molecular weight excluding hydrogens is 362 g/mol. The standard InChI is InChI=1S/C21H25N3O2.ClH/c1-16-8-10-17(11-9-16)19(25)23-12-14-24(15-13-23)20(26)21(2,22)18-6-4-3-5-7-18;/h3-11H,12-15,22H2,1-2H3;1H. The highest BCUT2D eigenvalue weighted by atomic mass is 35.5. The summed E-state index contributed by atoms with van der Waals surface area (Å²) < 4.78 is 0. The molecule has 0 saturated carbocycles. The highest BCUT2D eigenvalue weighted by molar-refractivity contribution is 5.94. The van der Waals surface area contributed by atoms with Crippen molar-refractivity contribution in [1.82, 2.24) is 9.80 Å². The Morgan fingerprint density at radius 3 is 1.96 bits per heavy atom. The number of nitrogens with two attached hydrogens (primary N) is 1. The van der Waals surface area contributed by atoms with E-state index in [4.69, 9.17) is 5.73 Å². The molecule has 1 aliphatic heterocycles. The predicted molar refractivity (Wildman–Crippen MR) is 109 cm³/mol. The van der Waals surface area contributed by atoms with Crippen LogP contribution in [0, 0.1) is 6.92 Å². The van der Waals surface area contributed by atoms with Gasteiger partial charge in [0.05, 0.1) is 0 Å². The SMILES string of the molecule is Cc1ccc(C(=O)N2CCN(C(=O)C(C)(N)c3ccccc3)CC2)cc1.Cl. The van der Waals surface area contributed by atoms with Crippen molar-refractivity contribution in [2.24, 2.45) is 5.73 Å². The number of rotatable bonds is 3. The van der Waals surface area contributed by atoms with Crippen molar-refractivity contribution in [2.45, 2.75) is 19.4 Å². The molecule has 0 radical (unpaired) electrons. The molecule has 0 spiro atoms. The molecule has 2 aromatic carbocycles. The third-order valence-electron chi connectivity index (χ3n) is 4.97. The van der Waals surface area contributed by atoms with Gasteiger partial charge in [-0.15, -0.1) is 12.4 Å². The number of halogens is 1. The summed E-state index contributed by atoms with van der Waals surface area (Å²) in [6, 6.07) is 17.0. The Morgan fingerprint density at radius 1 is 0.889 bits per heavy atom. The Morgan fingerprint density at radius 2 is 1.41 bits per heavy atom. The molecular formula is C21H26ClN3O2. The molecule has 2 N–H and O–H groups in total. The van der Waals surface area contributed by atoms with Gasteiger partial charge in [0.15, 0.2) is 0 Å². The van der Waals surface area contributed by atoms with E-state index >= 15 is 0 Å². The molecule has 2 amide bonds. The fraction of sp³-hybridized carbons (Fsp3) is 0.333. The lowest BCUT2D eigenvalue weighted by molar-refractivity contribution is -0.138. The molecule has 0 bridgehead atoms. The number of aryl methyl sites for hydroxylation is 1. The summed E-state index contributed by atoms with van der Waals surface area (Å²) in [5.41, 5.74) is 7.88. The minimum absolute atomic E-state index is 0. The van der Waals surface area contributed by atoms with Crippen molar-refractivity contribution in [3.8, 4) is 0 Å². The lowest BCUT2D eigenvalue weighted by Gasteiger charge is -2.38. The molecule has 0 aliphatic carbocycles. The van der Waals surface area contributed by atoms with Crippen LogP contribution in [0.4, 0.5) is 0 Å². The molecule has 1 unspecified atom stereocenters. The molecule has 5 nitrogen and oxygen atoms in total.